The van der Waals surface area contributed by atoms with Gasteiger partial charge in [0.2, 0.25) is 0 Å². The Morgan fingerprint density at radius 3 is 2.78 bits per heavy atom. The lowest BCUT2D eigenvalue weighted by atomic mass is 9.79. The van der Waals surface area contributed by atoms with Gasteiger partial charge >= 0.3 is 0 Å². The van der Waals surface area contributed by atoms with Gasteiger partial charge in [-0.3, -0.25) is 4.79 Å². The van der Waals surface area contributed by atoms with Crippen LogP contribution in [0, 0.1) is 5.92 Å². The number of carbonyl (C=O) groups excluding carboxylic acids is 1. The molecule has 1 aliphatic carbocycles. The molecule has 0 spiro atoms. The Labute approximate surface area is 195 Å². The van der Waals surface area contributed by atoms with Crippen molar-refractivity contribution in [1.82, 2.24) is 5.01 Å². The largest absolute Gasteiger partial charge is 0.482 e. The highest BCUT2D eigenvalue weighted by atomic mass is 35.5. The van der Waals surface area contributed by atoms with Gasteiger partial charge in [0.15, 0.2) is 6.61 Å². The van der Waals surface area contributed by atoms with Crippen LogP contribution >= 0.6 is 23.2 Å². The number of hydrogen-bond donors (Lipinski definition) is 0. The average molecular weight is 471 g/mol. The molecule has 32 heavy (non-hydrogen) atoms. The molecule has 164 valence electrons. The summed E-state index contributed by atoms with van der Waals surface area (Å²) in [7, 11) is 0. The van der Waals surface area contributed by atoms with Crippen molar-refractivity contribution in [3.63, 3.8) is 0 Å². The van der Waals surface area contributed by atoms with Crippen LogP contribution in [0.5, 0.6) is 5.75 Å². The number of carbonyl (C=O) groups is 1. The van der Waals surface area contributed by atoms with Crippen LogP contribution in [0.25, 0.3) is 6.08 Å². The first-order chi connectivity index (χ1) is 15.6. The highest BCUT2D eigenvalue weighted by Crippen LogP contribution is 2.44. The van der Waals surface area contributed by atoms with Crippen LogP contribution < -0.4 is 4.74 Å². The average Bonchev–Trinajstić information content (AvgIpc) is 3.53. The fourth-order valence-corrected chi connectivity index (χ4v) is 4.75. The van der Waals surface area contributed by atoms with Gasteiger partial charge in [-0.1, -0.05) is 23.2 Å². The molecule has 1 fully saturated rings. The van der Waals surface area contributed by atoms with Crippen LogP contribution in [0.2, 0.25) is 10.0 Å². The van der Waals surface area contributed by atoms with Crippen LogP contribution in [0.4, 0.5) is 0 Å². The third kappa shape index (κ3) is 4.08. The fourth-order valence-electron chi connectivity index (χ4n) is 4.29. The van der Waals surface area contributed by atoms with E-state index in [1.807, 2.05) is 30.3 Å². The van der Waals surface area contributed by atoms with E-state index in [0.29, 0.717) is 21.6 Å². The highest BCUT2D eigenvalue weighted by Gasteiger charge is 2.45. The molecule has 0 radical (unpaired) electrons. The van der Waals surface area contributed by atoms with Gasteiger partial charge in [0.1, 0.15) is 23.3 Å². The summed E-state index contributed by atoms with van der Waals surface area (Å²) in [4.78, 5) is 13.2. The van der Waals surface area contributed by atoms with Gasteiger partial charge in [-0.05, 0) is 73.4 Å². The summed E-state index contributed by atoms with van der Waals surface area (Å²) in [5.74, 6) is 1.62. The van der Waals surface area contributed by atoms with Crippen molar-refractivity contribution in [3.8, 4) is 5.75 Å². The van der Waals surface area contributed by atoms with Gasteiger partial charge < -0.3 is 13.6 Å². The van der Waals surface area contributed by atoms with Crippen molar-refractivity contribution < 1.29 is 18.4 Å². The van der Waals surface area contributed by atoms with Crippen molar-refractivity contribution in [2.75, 3.05) is 6.61 Å². The number of ether oxygens (including phenoxy) is 1. The first-order valence-electron chi connectivity index (χ1n) is 10.4. The Bertz CT molecular complexity index is 1170. The Hall–Kier alpha value is -2.96. The Balaban J connectivity index is 1.43. The van der Waals surface area contributed by atoms with Crippen molar-refractivity contribution in [2.45, 2.75) is 25.3 Å². The molecule has 1 aliphatic heterocycles. The second-order valence-electron chi connectivity index (χ2n) is 7.73. The molecular formula is C24H20Cl2N2O4. The number of hydrogen-bond acceptors (Lipinski definition) is 5. The molecule has 0 saturated heterocycles. The Kier molecular flexibility index (Phi) is 5.81. The van der Waals surface area contributed by atoms with E-state index in [1.165, 1.54) is 5.01 Å². The van der Waals surface area contributed by atoms with E-state index < -0.39 is 0 Å². The summed E-state index contributed by atoms with van der Waals surface area (Å²) in [5, 5.41) is 7.09. The topological polar surface area (TPSA) is 68.2 Å². The molecule has 1 amide bonds. The van der Waals surface area contributed by atoms with E-state index in [9.17, 15) is 4.79 Å². The van der Waals surface area contributed by atoms with Gasteiger partial charge in [-0.15, -0.1) is 0 Å². The zero-order chi connectivity index (χ0) is 22.1. The Morgan fingerprint density at radius 2 is 2.03 bits per heavy atom. The van der Waals surface area contributed by atoms with Gasteiger partial charge in [-0.25, -0.2) is 5.01 Å². The van der Waals surface area contributed by atoms with Crippen molar-refractivity contribution in [2.24, 2.45) is 11.0 Å². The van der Waals surface area contributed by atoms with Crippen molar-refractivity contribution in [3.05, 3.63) is 82.1 Å². The second-order valence-corrected chi connectivity index (χ2v) is 8.57. The quantitative estimate of drug-likeness (QED) is 0.433. The predicted octanol–water partition coefficient (Wildman–Crippen LogP) is 6.38. The molecule has 8 heteroatoms. The van der Waals surface area contributed by atoms with Crippen LogP contribution in [0.3, 0.4) is 0 Å². The molecular weight excluding hydrogens is 451 g/mol. The first kappa shape index (κ1) is 20.9. The lowest BCUT2D eigenvalue weighted by Gasteiger charge is -2.27. The van der Waals surface area contributed by atoms with Gasteiger partial charge in [0.25, 0.3) is 5.91 Å². The summed E-state index contributed by atoms with van der Waals surface area (Å²) in [6.07, 6.45) is 8.04. The van der Waals surface area contributed by atoms with E-state index in [4.69, 9.17) is 41.9 Å². The molecule has 3 heterocycles. The molecule has 0 N–H and O–H groups in total. The lowest BCUT2D eigenvalue weighted by Crippen LogP contribution is -2.34. The van der Waals surface area contributed by atoms with E-state index in [1.54, 1.807) is 30.7 Å². The molecule has 2 aromatic heterocycles. The SMILES string of the molecule is O=C(COc1ccc(Cl)cc1Cl)N1N=C2/C(=C\c3ccco3)CCCC2C1c1ccco1. The molecule has 2 unspecified atom stereocenters. The summed E-state index contributed by atoms with van der Waals surface area (Å²) in [6, 6.07) is 12.0. The molecule has 1 saturated carbocycles. The molecule has 5 rings (SSSR count). The molecule has 6 nitrogen and oxygen atoms in total. The normalized spacial score (nSPS) is 21.5. The number of benzene rings is 1. The van der Waals surface area contributed by atoms with E-state index in [2.05, 4.69) is 0 Å². The molecule has 3 aromatic rings. The molecule has 2 aliphatic rings. The highest BCUT2D eigenvalue weighted by molar-refractivity contribution is 6.35. The van der Waals surface area contributed by atoms with Crippen molar-refractivity contribution >= 4 is 40.9 Å². The van der Waals surface area contributed by atoms with E-state index in [-0.39, 0.29) is 24.5 Å². The third-order valence-electron chi connectivity index (χ3n) is 5.70. The smallest absolute Gasteiger partial charge is 0.281 e. The van der Waals surface area contributed by atoms with Crippen molar-refractivity contribution in [1.29, 1.82) is 0 Å². The summed E-state index contributed by atoms with van der Waals surface area (Å²) < 4.78 is 16.9. The predicted molar refractivity (Wildman–Crippen MR) is 122 cm³/mol. The number of fused-ring (bicyclic) bond motifs is 1. The summed E-state index contributed by atoms with van der Waals surface area (Å²) >= 11 is 12.1. The third-order valence-corrected chi connectivity index (χ3v) is 6.23. The number of allylic oxidation sites excluding steroid dienone is 1. The zero-order valence-electron chi connectivity index (χ0n) is 17.0. The summed E-state index contributed by atoms with van der Waals surface area (Å²) in [6.45, 7) is -0.209. The summed E-state index contributed by atoms with van der Waals surface area (Å²) in [5.41, 5.74) is 1.97. The van der Waals surface area contributed by atoms with Crippen LogP contribution in [0.1, 0.15) is 36.8 Å². The second kappa shape index (κ2) is 8.88. The maximum Gasteiger partial charge on any atom is 0.281 e. The van der Waals surface area contributed by atoms with Crippen LogP contribution in [-0.4, -0.2) is 23.2 Å². The lowest BCUT2D eigenvalue weighted by molar-refractivity contribution is -0.136. The van der Waals surface area contributed by atoms with Crippen LogP contribution in [0.15, 0.2) is 74.5 Å². The minimum absolute atomic E-state index is 0.0409. The number of hydrazone groups is 1. The van der Waals surface area contributed by atoms with Crippen LogP contribution in [-0.2, 0) is 4.79 Å². The number of rotatable bonds is 5. The standard InChI is InChI=1S/C24H20Cl2N2O4/c25-16-8-9-20(19(26)13-16)32-14-22(29)28-24(21-7-3-11-31-21)18-6-1-4-15(23(18)27-28)12-17-5-2-10-30-17/h2-3,5,7-13,18,24H,1,4,6,14H2/b15-12-. The minimum atomic E-state index is -0.322. The number of furan rings is 2. The zero-order valence-corrected chi connectivity index (χ0v) is 18.6. The van der Waals surface area contributed by atoms with Gasteiger partial charge in [0.05, 0.1) is 23.3 Å². The van der Waals surface area contributed by atoms with E-state index in [0.717, 1.165) is 36.3 Å². The first-order valence-corrected chi connectivity index (χ1v) is 11.1. The maximum atomic E-state index is 13.2. The number of halogens is 2. The molecule has 1 aromatic carbocycles. The van der Waals surface area contributed by atoms with Gasteiger partial charge in [-0.2, -0.15) is 5.10 Å². The number of amides is 1. The molecule has 0 bridgehead atoms. The Morgan fingerprint density at radius 1 is 1.19 bits per heavy atom. The fraction of sp³-hybridized carbons (Fsp3) is 0.250. The minimum Gasteiger partial charge on any atom is -0.482 e. The molecule has 2 atom stereocenters. The monoisotopic (exact) mass is 470 g/mol. The van der Waals surface area contributed by atoms with E-state index >= 15 is 0 Å². The maximum absolute atomic E-state index is 13.2. The number of nitrogens with zero attached hydrogens (tertiary/aromatic N) is 2. The van der Waals surface area contributed by atoms with Gasteiger partial charge in [0, 0.05) is 10.9 Å².